The van der Waals surface area contributed by atoms with E-state index in [9.17, 15) is 18.3 Å². The number of hydrogen-bond acceptors (Lipinski definition) is 3. The van der Waals surface area contributed by atoms with E-state index in [1.54, 1.807) is 0 Å². The molecule has 0 atom stereocenters. The van der Waals surface area contributed by atoms with Gasteiger partial charge in [-0.2, -0.15) is 18.3 Å². The van der Waals surface area contributed by atoms with Gasteiger partial charge in [-0.3, -0.25) is 0 Å². The molecule has 1 aromatic rings. The van der Waals surface area contributed by atoms with Gasteiger partial charge >= 0.3 is 6.18 Å². The van der Waals surface area contributed by atoms with E-state index >= 15 is 0 Å². The van der Waals surface area contributed by atoms with Gasteiger partial charge in [0.2, 0.25) is 0 Å². The van der Waals surface area contributed by atoms with Crippen LogP contribution in [0.3, 0.4) is 0 Å². The third-order valence-corrected chi connectivity index (χ3v) is 2.11. The van der Waals surface area contributed by atoms with Crippen molar-refractivity contribution < 1.29 is 18.3 Å². The number of nitrogens with one attached hydrogen (secondary N) is 1. The quantitative estimate of drug-likeness (QED) is 0.653. The van der Waals surface area contributed by atoms with Gasteiger partial charge in [0, 0.05) is 10.6 Å². The maximum Gasteiger partial charge on any atom is 0.407 e. The second-order valence-corrected chi connectivity index (χ2v) is 3.75. The molecule has 0 amide bonds. The fourth-order valence-electron chi connectivity index (χ4n) is 1.11. The Hall–Kier alpha value is -1.43. The summed E-state index contributed by atoms with van der Waals surface area (Å²) in [7, 11) is 0. The predicted octanol–water partition coefficient (Wildman–Crippen LogP) is 2.92. The van der Waals surface area contributed by atoms with Gasteiger partial charge in [0.1, 0.15) is 12.3 Å². The third-order valence-electron chi connectivity index (χ3n) is 1.87. The van der Waals surface area contributed by atoms with Crippen molar-refractivity contribution in [3.05, 3.63) is 28.8 Å². The lowest BCUT2D eigenvalue weighted by molar-refractivity contribution is -0.124. The Labute approximate surface area is 101 Å². The summed E-state index contributed by atoms with van der Waals surface area (Å²) >= 11 is 5.70. The molecule has 0 aliphatic carbocycles. The van der Waals surface area contributed by atoms with Crippen LogP contribution < -0.4 is 5.43 Å². The summed E-state index contributed by atoms with van der Waals surface area (Å²) in [6, 6.07) is 4.24. The van der Waals surface area contributed by atoms with Crippen LogP contribution in [0.4, 0.5) is 13.2 Å². The summed E-state index contributed by atoms with van der Waals surface area (Å²) in [5.41, 5.74) is 2.38. The van der Waals surface area contributed by atoms with Crippen LogP contribution in [-0.2, 0) is 0 Å². The molecule has 0 saturated heterocycles. The van der Waals surface area contributed by atoms with Crippen LogP contribution in [0.15, 0.2) is 23.3 Å². The van der Waals surface area contributed by atoms with Gasteiger partial charge in [0.15, 0.2) is 0 Å². The monoisotopic (exact) mass is 266 g/mol. The average molecular weight is 267 g/mol. The molecule has 0 saturated carbocycles. The van der Waals surface area contributed by atoms with Gasteiger partial charge in [0.25, 0.3) is 0 Å². The highest BCUT2D eigenvalue weighted by Gasteiger charge is 2.26. The summed E-state index contributed by atoms with van der Waals surface area (Å²) in [5, 5.41) is 13.3. The van der Waals surface area contributed by atoms with Crippen LogP contribution in [-0.4, -0.2) is 23.5 Å². The zero-order valence-electron chi connectivity index (χ0n) is 8.85. The second kappa shape index (κ2) is 5.27. The van der Waals surface area contributed by atoms with Crippen LogP contribution in [0, 0.1) is 0 Å². The molecule has 0 bridgehead atoms. The lowest BCUT2D eigenvalue weighted by atomic mass is 10.1. The van der Waals surface area contributed by atoms with Crippen molar-refractivity contribution in [1.29, 1.82) is 0 Å². The highest BCUT2D eigenvalue weighted by Crippen LogP contribution is 2.22. The van der Waals surface area contributed by atoms with E-state index in [1.807, 2.05) is 5.43 Å². The summed E-state index contributed by atoms with van der Waals surface area (Å²) < 4.78 is 35.5. The molecule has 1 aromatic carbocycles. The number of rotatable bonds is 3. The van der Waals surface area contributed by atoms with Gasteiger partial charge in [0.05, 0.1) is 5.71 Å². The molecule has 7 heteroatoms. The van der Waals surface area contributed by atoms with Gasteiger partial charge in [-0.25, -0.2) is 0 Å². The average Bonchev–Trinajstić information content (AvgIpc) is 2.19. The number of hydrogen-bond donors (Lipinski definition) is 2. The van der Waals surface area contributed by atoms with Crippen molar-refractivity contribution in [1.82, 2.24) is 5.43 Å². The molecule has 0 aliphatic heterocycles. The minimum atomic E-state index is -4.33. The van der Waals surface area contributed by atoms with E-state index in [2.05, 4.69) is 5.10 Å². The number of alkyl halides is 3. The van der Waals surface area contributed by atoms with E-state index < -0.39 is 12.7 Å². The van der Waals surface area contributed by atoms with Gasteiger partial charge in [-0.1, -0.05) is 11.6 Å². The zero-order valence-corrected chi connectivity index (χ0v) is 9.60. The maximum atomic E-state index is 11.8. The number of hydrazone groups is 1. The van der Waals surface area contributed by atoms with Crippen molar-refractivity contribution in [2.75, 3.05) is 6.54 Å². The lowest BCUT2D eigenvalue weighted by Gasteiger charge is -2.07. The molecule has 0 aliphatic rings. The normalized spacial score (nSPS) is 12.6. The predicted molar refractivity (Wildman–Crippen MR) is 59.4 cm³/mol. The molecule has 94 valence electrons. The molecule has 17 heavy (non-hydrogen) atoms. The van der Waals surface area contributed by atoms with Gasteiger partial charge in [-0.05, 0) is 25.1 Å². The maximum absolute atomic E-state index is 11.8. The molecular formula is C10H10ClF3N2O. The van der Waals surface area contributed by atoms with E-state index in [4.69, 9.17) is 11.6 Å². The van der Waals surface area contributed by atoms with Crippen LogP contribution in [0.2, 0.25) is 5.02 Å². The van der Waals surface area contributed by atoms with Crippen molar-refractivity contribution in [3.8, 4) is 5.75 Å². The molecule has 3 nitrogen and oxygen atoms in total. The van der Waals surface area contributed by atoms with E-state index in [-0.39, 0.29) is 17.0 Å². The molecule has 0 fully saturated rings. The SMILES string of the molecule is C/C(=N\NCC(F)(F)F)c1cc(Cl)ccc1O. The van der Waals surface area contributed by atoms with Crippen LogP contribution in [0.1, 0.15) is 12.5 Å². The Morgan fingerprint density at radius 1 is 1.47 bits per heavy atom. The Bertz CT molecular complexity index is 432. The number of phenolic OH excluding ortho intramolecular Hbond substituents is 1. The molecule has 0 spiro atoms. The van der Waals surface area contributed by atoms with Crippen molar-refractivity contribution in [3.63, 3.8) is 0 Å². The standard InChI is InChI=1S/C10H10ClF3N2O/c1-6(16-15-5-10(12,13)14)8-4-7(11)2-3-9(8)17/h2-4,15,17H,5H2,1H3/b16-6+. The molecule has 1 rings (SSSR count). The highest BCUT2D eigenvalue weighted by atomic mass is 35.5. The van der Waals surface area contributed by atoms with E-state index in [1.165, 1.54) is 25.1 Å². The number of aromatic hydroxyl groups is 1. The van der Waals surface area contributed by atoms with Gasteiger partial charge < -0.3 is 10.5 Å². The third kappa shape index (κ3) is 4.52. The largest absolute Gasteiger partial charge is 0.507 e. The van der Waals surface area contributed by atoms with Crippen LogP contribution >= 0.6 is 11.6 Å². The first kappa shape index (κ1) is 13.6. The summed E-state index contributed by atoms with van der Waals surface area (Å²) in [4.78, 5) is 0. The minimum Gasteiger partial charge on any atom is -0.507 e. The number of nitrogens with zero attached hydrogens (tertiary/aromatic N) is 1. The zero-order chi connectivity index (χ0) is 13.1. The minimum absolute atomic E-state index is 0.0931. The van der Waals surface area contributed by atoms with E-state index in [0.717, 1.165) is 0 Å². The smallest absolute Gasteiger partial charge is 0.407 e. The first-order valence-corrected chi connectivity index (χ1v) is 5.00. The summed E-state index contributed by atoms with van der Waals surface area (Å²) in [5.74, 6) is -0.0931. The second-order valence-electron chi connectivity index (χ2n) is 3.31. The first-order valence-electron chi connectivity index (χ1n) is 4.62. The summed E-state index contributed by atoms with van der Waals surface area (Å²) in [6.07, 6.45) is -4.33. The molecular weight excluding hydrogens is 257 g/mol. The highest BCUT2D eigenvalue weighted by molar-refractivity contribution is 6.31. The van der Waals surface area contributed by atoms with Crippen molar-refractivity contribution in [2.45, 2.75) is 13.1 Å². The number of benzene rings is 1. The van der Waals surface area contributed by atoms with Gasteiger partial charge in [-0.15, -0.1) is 0 Å². The topological polar surface area (TPSA) is 44.6 Å². The molecule has 2 N–H and O–H groups in total. The fraction of sp³-hybridized carbons (Fsp3) is 0.300. The lowest BCUT2D eigenvalue weighted by Crippen LogP contribution is -2.25. The Morgan fingerprint density at radius 3 is 2.71 bits per heavy atom. The first-order chi connectivity index (χ1) is 7.79. The number of phenols is 1. The molecule has 0 radical (unpaired) electrons. The van der Waals surface area contributed by atoms with E-state index in [0.29, 0.717) is 5.02 Å². The van der Waals surface area contributed by atoms with Crippen molar-refractivity contribution >= 4 is 17.3 Å². The Kier molecular flexibility index (Phi) is 4.22. The van der Waals surface area contributed by atoms with Crippen LogP contribution in [0.25, 0.3) is 0 Å². The molecule has 0 unspecified atom stereocenters. The molecule has 0 aromatic heterocycles. The Balaban J connectivity index is 2.78. The number of halogens is 4. The fourth-order valence-corrected chi connectivity index (χ4v) is 1.28. The van der Waals surface area contributed by atoms with Crippen molar-refractivity contribution in [2.24, 2.45) is 5.10 Å². The molecule has 0 heterocycles. The summed E-state index contributed by atoms with van der Waals surface area (Å²) in [6.45, 7) is 0.237. The Morgan fingerprint density at radius 2 is 2.12 bits per heavy atom. The van der Waals surface area contributed by atoms with Crippen LogP contribution in [0.5, 0.6) is 5.75 Å².